The van der Waals surface area contributed by atoms with Crippen molar-refractivity contribution in [3.8, 4) is 0 Å². The fourth-order valence-electron chi connectivity index (χ4n) is 1.24. The predicted molar refractivity (Wildman–Crippen MR) is 41.5 cm³/mol. The lowest BCUT2D eigenvalue weighted by Gasteiger charge is -2.07. The minimum Gasteiger partial charge on any atom is -0.357 e. The molecule has 0 amide bonds. The number of nitrogens with zero attached hydrogens (tertiary/aromatic N) is 2. The lowest BCUT2D eigenvalue weighted by atomic mass is 10.3. The molecule has 0 radical (unpaired) electrons. The lowest BCUT2D eigenvalue weighted by molar-refractivity contribution is 0.0467. The van der Waals surface area contributed by atoms with Crippen LogP contribution in [-0.4, -0.2) is 16.4 Å². The van der Waals surface area contributed by atoms with Crippen LogP contribution in [0.2, 0.25) is 5.02 Å². The first-order valence-electron chi connectivity index (χ1n) is 3.67. The summed E-state index contributed by atoms with van der Waals surface area (Å²) in [6.07, 6.45) is 5.68. The highest BCUT2D eigenvalue weighted by Gasteiger charge is 2.17. The molecule has 1 atom stereocenters. The van der Waals surface area contributed by atoms with Gasteiger partial charge in [-0.25, -0.2) is 4.68 Å². The number of aromatic nitrogens is 2. The largest absolute Gasteiger partial charge is 0.357 e. The quantitative estimate of drug-likeness (QED) is 0.647. The molecule has 0 unspecified atom stereocenters. The van der Waals surface area contributed by atoms with Crippen LogP contribution in [0.3, 0.4) is 0 Å². The maximum Gasteiger partial charge on any atom is 0.150 e. The first-order valence-corrected chi connectivity index (χ1v) is 4.05. The van der Waals surface area contributed by atoms with Gasteiger partial charge in [0.05, 0.1) is 11.2 Å². The van der Waals surface area contributed by atoms with Crippen LogP contribution in [-0.2, 0) is 4.74 Å². The van der Waals surface area contributed by atoms with Crippen molar-refractivity contribution >= 4 is 11.6 Å². The standard InChI is InChI=1S/C7H9ClN2O/c8-6-4-9-10(5-6)7-2-1-3-11-7/h4-5,7H,1-3H2/t7-/m1/s1. The van der Waals surface area contributed by atoms with E-state index in [1.54, 1.807) is 17.1 Å². The fourth-order valence-corrected chi connectivity index (χ4v) is 1.39. The summed E-state index contributed by atoms with van der Waals surface area (Å²) in [5.41, 5.74) is 0. The Bertz CT molecular complexity index is 242. The van der Waals surface area contributed by atoms with Gasteiger partial charge in [0, 0.05) is 12.8 Å². The van der Waals surface area contributed by atoms with Crippen molar-refractivity contribution in [1.82, 2.24) is 9.78 Å². The molecule has 1 aliphatic heterocycles. The maximum absolute atomic E-state index is 5.70. The third kappa shape index (κ3) is 1.39. The van der Waals surface area contributed by atoms with Crippen molar-refractivity contribution in [1.29, 1.82) is 0 Å². The van der Waals surface area contributed by atoms with Gasteiger partial charge in [-0.05, 0) is 12.8 Å². The number of rotatable bonds is 1. The van der Waals surface area contributed by atoms with Crippen molar-refractivity contribution in [2.75, 3.05) is 6.61 Å². The van der Waals surface area contributed by atoms with Gasteiger partial charge in [-0.2, -0.15) is 5.10 Å². The Hall–Kier alpha value is -0.540. The molecule has 0 saturated carbocycles. The molecule has 0 bridgehead atoms. The van der Waals surface area contributed by atoms with Gasteiger partial charge < -0.3 is 4.74 Å². The summed E-state index contributed by atoms with van der Waals surface area (Å²) in [6.45, 7) is 0.835. The minimum atomic E-state index is 0.113. The number of hydrogen-bond donors (Lipinski definition) is 0. The second kappa shape index (κ2) is 2.83. The van der Waals surface area contributed by atoms with E-state index in [9.17, 15) is 0 Å². The minimum absolute atomic E-state index is 0.113. The Morgan fingerprint density at radius 2 is 2.64 bits per heavy atom. The van der Waals surface area contributed by atoms with Crippen molar-refractivity contribution in [2.45, 2.75) is 19.1 Å². The molecule has 0 aliphatic carbocycles. The van der Waals surface area contributed by atoms with E-state index >= 15 is 0 Å². The van der Waals surface area contributed by atoms with Crippen LogP contribution in [0.15, 0.2) is 12.4 Å². The zero-order valence-corrected chi connectivity index (χ0v) is 6.79. The molecule has 1 saturated heterocycles. The summed E-state index contributed by atoms with van der Waals surface area (Å²) in [7, 11) is 0. The van der Waals surface area contributed by atoms with E-state index in [-0.39, 0.29) is 6.23 Å². The van der Waals surface area contributed by atoms with Gasteiger partial charge in [0.1, 0.15) is 6.23 Å². The summed E-state index contributed by atoms with van der Waals surface area (Å²) in [5, 5.41) is 4.72. The average molecular weight is 173 g/mol. The van der Waals surface area contributed by atoms with Gasteiger partial charge in [-0.3, -0.25) is 0 Å². The zero-order chi connectivity index (χ0) is 7.68. The molecule has 2 heterocycles. The number of halogens is 1. The van der Waals surface area contributed by atoms with Crippen molar-refractivity contribution in [2.24, 2.45) is 0 Å². The van der Waals surface area contributed by atoms with Crippen molar-refractivity contribution in [3.63, 3.8) is 0 Å². The van der Waals surface area contributed by atoms with E-state index in [1.165, 1.54) is 0 Å². The Morgan fingerprint density at radius 1 is 1.73 bits per heavy atom. The molecule has 60 valence electrons. The smallest absolute Gasteiger partial charge is 0.150 e. The van der Waals surface area contributed by atoms with E-state index in [2.05, 4.69) is 5.10 Å². The molecular weight excluding hydrogens is 164 g/mol. The highest BCUT2D eigenvalue weighted by molar-refractivity contribution is 6.30. The highest BCUT2D eigenvalue weighted by atomic mass is 35.5. The van der Waals surface area contributed by atoms with E-state index < -0.39 is 0 Å². The topological polar surface area (TPSA) is 27.1 Å². The van der Waals surface area contributed by atoms with Crippen LogP contribution in [0.4, 0.5) is 0 Å². The predicted octanol–water partition coefficient (Wildman–Crippen LogP) is 1.85. The first-order chi connectivity index (χ1) is 5.36. The van der Waals surface area contributed by atoms with Crippen LogP contribution in [0, 0.1) is 0 Å². The monoisotopic (exact) mass is 172 g/mol. The molecule has 2 rings (SSSR count). The van der Waals surface area contributed by atoms with Gasteiger partial charge in [0.2, 0.25) is 0 Å². The molecule has 0 N–H and O–H groups in total. The Labute approximate surface area is 69.9 Å². The number of hydrogen-bond acceptors (Lipinski definition) is 2. The zero-order valence-electron chi connectivity index (χ0n) is 6.03. The van der Waals surface area contributed by atoms with Crippen molar-refractivity contribution in [3.05, 3.63) is 17.4 Å². The van der Waals surface area contributed by atoms with E-state index in [4.69, 9.17) is 16.3 Å². The van der Waals surface area contributed by atoms with E-state index in [1.807, 2.05) is 0 Å². The van der Waals surface area contributed by atoms with Gasteiger partial charge in [-0.15, -0.1) is 0 Å². The highest BCUT2D eigenvalue weighted by Crippen LogP contribution is 2.22. The maximum atomic E-state index is 5.70. The van der Waals surface area contributed by atoms with E-state index in [0.29, 0.717) is 5.02 Å². The third-order valence-electron chi connectivity index (χ3n) is 1.77. The molecule has 3 nitrogen and oxygen atoms in total. The molecule has 0 aromatic carbocycles. The first kappa shape index (κ1) is 7.13. The van der Waals surface area contributed by atoms with Crippen molar-refractivity contribution < 1.29 is 4.74 Å². The van der Waals surface area contributed by atoms with Gasteiger partial charge in [0.25, 0.3) is 0 Å². The van der Waals surface area contributed by atoms with Crippen LogP contribution >= 0.6 is 11.6 Å². The van der Waals surface area contributed by atoms with Crippen LogP contribution in [0.5, 0.6) is 0 Å². The van der Waals surface area contributed by atoms with Crippen LogP contribution in [0.25, 0.3) is 0 Å². The third-order valence-corrected chi connectivity index (χ3v) is 1.97. The summed E-state index contributed by atoms with van der Waals surface area (Å²) in [4.78, 5) is 0. The van der Waals surface area contributed by atoms with Crippen LogP contribution in [0.1, 0.15) is 19.1 Å². The van der Waals surface area contributed by atoms with E-state index in [0.717, 1.165) is 19.4 Å². The molecule has 1 aromatic rings. The summed E-state index contributed by atoms with van der Waals surface area (Å²) < 4.78 is 7.17. The van der Waals surface area contributed by atoms with Gasteiger partial charge in [0.15, 0.2) is 0 Å². The lowest BCUT2D eigenvalue weighted by Crippen LogP contribution is -2.06. The average Bonchev–Trinajstić information content (AvgIpc) is 2.55. The molecule has 1 fully saturated rings. The molecule has 1 aliphatic rings. The summed E-state index contributed by atoms with van der Waals surface area (Å²) in [6, 6.07) is 0. The second-order valence-corrected chi connectivity index (χ2v) is 3.04. The number of ether oxygens (including phenoxy) is 1. The van der Waals surface area contributed by atoms with Gasteiger partial charge >= 0.3 is 0 Å². The van der Waals surface area contributed by atoms with Gasteiger partial charge in [-0.1, -0.05) is 11.6 Å². The second-order valence-electron chi connectivity index (χ2n) is 2.61. The molecule has 1 aromatic heterocycles. The Kier molecular flexibility index (Phi) is 1.84. The Morgan fingerprint density at radius 3 is 3.18 bits per heavy atom. The fraction of sp³-hybridized carbons (Fsp3) is 0.571. The summed E-state index contributed by atoms with van der Waals surface area (Å²) >= 11 is 5.70. The molecular formula is C7H9ClN2O. The summed E-state index contributed by atoms with van der Waals surface area (Å²) in [5.74, 6) is 0. The molecule has 0 spiro atoms. The SMILES string of the molecule is Clc1cnn([C@H]2CCCO2)c1. The molecule has 11 heavy (non-hydrogen) atoms. The van der Waals surface area contributed by atoms with Crippen LogP contribution < -0.4 is 0 Å². The molecule has 4 heteroatoms. The Balaban J connectivity index is 2.15. The normalized spacial score (nSPS) is 24.3.